The summed E-state index contributed by atoms with van der Waals surface area (Å²) in [6, 6.07) is 5.77. The monoisotopic (exact) mass is 504 g/mol. The number of hydrogen-bond donors (Lipinski definition) is 0. The van der Waals surface area contributed by atoms with Crippen molar-refractivity contribution in [2.24, 2.45) is 10.4 Å². The van der Waals surface area contributed by atoms with Crippen LogP contribution in [0.15, 0.2) is 27.7 Å². The first-order valence-electron chi connectivity index (χ1n) is 10.1. The smallest absolute Gasteiger partial charge is 0.381 e. The Morgan fingerprint density at radius 1 is 1.33 bits per heavy atom. The number of rotatable bonds is 3. The average Bonchev–Trinajstić information content (AvgIpc) is 3.10. The molecule has 1 fully saturated rings. The summed E-state index contributed by atoms with van der Waals surface area (Å²) in [6.45, 7) is 0.548. The molecule has 1 aromatic carbocycles. The first-order valence-corrected chi connectivity index (χ1v) is 11.9. The minimum atomic E-state index is -4.49. The summed E-state index contributed by atoms with van der Waals surface area (Å²) >= 11 is 4.68. The van der Waals surface area contributed by atoms with Gasteiger partial charge in [0.1, 0.15) is 6.54 Å². The third-order valence-electron chi connectivity index (χ3n) is 6.64. The molecule has 1 atom stereocenters. The molecule has 0 saturated heterocycles. The van der Waals surface area contributed by atoms with Crippen LogP contribution in [0.25, 0.3) is 0 Å². The molecule has 3 aliphatic rings. The molecule has 0 bridgehead atoms. The van der Waals surface area contributed by atoms with E-state index in [-0.39, 0.29) is 11.3 Å². The van der Waals surface area contributed by atoms with Gasteiger partial charge in [-0.15, -0.1) is 0 Å². The number of amidine groups is 1. The van der Waals surface area contributed by atoms with Crippen molar-refractivity contribution in [3.05, 3.63) is 33.8 Å². The average molecular weight is 505 g/mol. The second-order valence-corrected chi connectivity index (χ2v) is 10.4. The number of thioether (sulfide) groups is 1. The van der Waals surface area contributed by atoms with E-state index in [4.69, 9.17) is 9.73 Å². The molecule has 1 aromatic rings. The van der Waals surface area contributed by atoms with Crippen LogP contribution in [0.2, 0.25) is 0 Å². The van der Waals surface area contributed by atoms with Gasteiger partial charge >= 0.3 is 6.18 Å². The number of carbonyl (C=O) groups is 1. The van der Waals surface area contributed by atoms with E-state index in [9.17, 15) is 18.0 Å². The largest absolute Gasteiger partial charge is 0.406 e. The number of amides is 1. The van der Waals surface area contributed by atoms with Gasteiger partial charge in [0.15, 0.2) is 10.7 Å². The van der Waals surface area contributed by atoms with Gasteiger partial charge in [-0.3, -0.25) is 9.69 Å². The van der Waals surface area contributed by atoms with E-state index in [1.54, 1.807) is 7.11 Å². The summed E-state index contributed by atoms with van der Waals surface area (Å²) in [7, 11) is 1.68. The highest BCUT2D eigenvalue weighted by Gasteiger charge is 2.67. The second-order valence-electron chi connectivity index (χ2n) is 8.24. The topological polar surface area (TPSA) is 41.9 Å². The van der Waals surface area contributed by atoms with Gasteiger partial charge in [-0.1, -0.05) is 40.7 Å². The zero-order chi connectivity index (χ0) is 21.7. The molecule has 0 radical (unpaired) electrons. The molecule has 2 aliphatic carbocycles. The quantitative estimate of drug-likeness (QED) is 0.561. The molecule has 1 aliphatic heterocycles. The van der Waals surface area contributed by atoms with Crippen LogP contribution < -0.4 is 0 Å². The van der Waals surface area contributed by atoms with Crippen LogP contribution in [0.5, 0.6) is 0 Å². The van der Waals surface area contributed by atoms with E-state index in [0.29, 0.717) is 25.0 Å². The van der Waals surface area contributed by atoms with Crippen LogP contribution in [0.4, 0.5) is 13.2 Å². The van der Waals surface area contributed by atoms with Gasteiger partial charge in [0.25, 0.3) is 5.91 Å². The number of fused-ring (bicyclic) bond motifs is 3. The standard InChI is InChI=1S/C21H24BrF3N2O2S/c1-3-30-18-26-21(17(28)27(18)12-20(23,24)25)16-10-14(22)5-4-13(16)11-19(21)8-6-15(29-2)7-9-19/h4-5,10,15H,3,6-9,11-12H2,1-2H3. The van der Waals surface area contributed by atoms with Crippen LogP contribution in [-0.2, 0) is 21.5 Å². The third-order valence-corrected chi connectivity index (χ3v) is 7.99. The van der Waals surface area contributed by atoms with Crippen molar-refractivity contribution in [3.8, 4) is 0 Å². The molecule has 1 heterocycles. The van der Waals surface area contributed by atoms with E-state index in [0.717, 1.165) is 33.3 Å². The number of hydrogen-bond acceptors (Lipinski definition) is 4. The zero-order valence-corrected chi connectivity index (χ0v) is 19.3. The van der Waals surface area contributed by atoms with Gasteiger partial charge in [0.2, 0.25) is 0 Å². The van der Waals surface area contributed by atoms with E-state index >= 15 is 0 Å². The first kappa shape index (κ1) is 22.1. The van der Waals surface area contributed by atoms with Gasteiger partial charge in [0.05, 0.1) is 6.10 Å². The Balaban J connectivity index is 1.87. The normalized spacial score (nSPS) is 31.0. The maximum absolute atomic E-state index is 13.8. The SMILES string of the molecule is CCSC1=NC2(C(=O)N1CC(F)(F)F)c1cc(Br)ccc1CC21CCC(OC)CC1. The van der Waals surface area contributed by atoms with Gasteiger partial charge in [-0.2, -0.15) is 13.2 Å². The fourth-order valence-electron chi connectivity index (χ4n) is 5.35. The van der Waals surface area contributed by atoms with E-state index in [1.165, 1.54) is 11.8 Å². The lowest BCUT2D eigenvalue weighted by Gasteiger charge is -2.45. The minimum absolute atomic E-state index is 0.111. The van der Waals surface area contributed by atoms with E-state index < -0.39 is 29.6 Å². The number of ether oxygens (including phenoxy) is 1. The number of methoxy groups -OCH3 is 1. The Bertz CT molecular complexity index is 883. The van der Waals surface area contributed by atoms with Gasteiger partial charge in [-0.05, 0) is 61.1 Å². The highest BCUT2D eigenvalue weighted by atomic mass is 79.9. The first-order chi connectivity index (χ1) is 14.2. The van der Waals surface area contributed by atoms with Crippen molar-refractivity contribution in [3.63, 3.8) is 0 Å². The van der Waals surface area contributed by atoms with Crippen LogP contribution >= 0.6 is 27.7 Å². The minimum Gasteiger partial charge on any atom is -0.381 e. The van der Waals surface area contributed by atoms with Crippen molar-refractivity contribution < 1.29 is 22.7 Å². The van der Waals surface area contributed by atoms with Crippen molar-refractivity contribution in [2.45, 2.75) is 56.8 Å². The molecule has 2 spiro atoms. The molecule has 4 nitrogen and oxygen atoms in total. The van der Waals surface area contributed by atoms with Gasteiger partial charge in [0, 0.05) is 17.0 Å². The predicted molar refractivity (Wildman–Crippen MR) is 115 cm³/mol. The van der Waals surface area contributed by atoms with E-state index in [2.05, 4.69) is 15.9 Å². The number of benzene rings is 1. The molecule has 164 valence electrons. The third kappa shape index (κ3) is 3.41. The summed E-state index contributed by atoms with van der Waals surface area (Å²) in [4.78, 5) is 19.6. The van der Waals surface area contributed by atoms with Crippen molar-refractivity contribution in [1.82, 2.24) is 4.90 Å². The fourth-order valence-corrected chi connectivity index (χ4v) is 6.47. The van der Waals surface area contributed by atoms with Gasteiger partial charge in [-0.25, -0.2) is 4.99 Å². The molecular formula is C21H24BrF3N2O2S. The summed E-state index contributed by atoms with van der Waals surface area (Å²) in [5.41, 5.74) is -0.0760. The maximum atomic E-state index is 13.8. The number of halogens is 4. The number of nitrogens with zero attached hydrogens (tertiary/aromatic N) is 2. The Labute approximate surface area is 186 Å². The van der Waals surface area contributed by atoms with Crippen LogP contribution in [0.1, 0.15) is 43.7 Å². The Morgan fingerprint density at radius 2 is 2.03 bits per heavy atom. The van der Waals surface area contributed by atoms with Crippen molar-refractivity contribution in [1.29, 1.82) is 0 Å². The Morgan fingerprint density at radius 3 is 2.63 bits per heavy atom. The molecule has 9 heteroatoms. The van der Waals surface area contributed by atoms with Crippen LogP contribution in [0, 0.1) is 5.41 Å². The molecule has 0 aromatic heterocycles. The summed E-state index contributed by atoms with van der Waals surface area (Å²) < 4.78 is 46.5. The number of aliphatic imine (C=N–C) groups is 1. The van der Waals surface area contributed by atoms with Crippen molar-refractivity contribution in [2.75, 3.05) is 19.4 Å². The molecular weight excluding hydrogens is 481 g/mol. The summed E-state index contributed by atoms with van der Waals surface area (Å²) in [5, 5.41) is 0.181. The molecule has 1 amide bonds. The second kappa shape index (κ2) is 7.81. The lowest BCUT2D eigenvalue weighted by Crippen LogP contribution is -2.53. The van der Waals surface area contributed by atoms with E-state index in [1.807, 2.05) is 25.1 Å². The molecule has 0 N–H and O–H groups in total. The Hall–Kier alpha value is -1.06. The summed E-state index contributed by atoms with van der Waals surface area (Å²) in [6.07, 6.45) is -0.814. The molecule has 1 saturated carbocycles. The molecule has 4 rings (SSSR count). The molecule has 1 unspecified atom stereocenters. The van der Waals surface area contributed by atoms with Crippen molar-refractivity contribution >= 4 is 38.8 Å². The highest BCUT2D eigenvalue weighted by Crippen LogP contribution is 2.62. The number of carbonyl (C=O) groups excluding carboxylic acids is 1. The Kier molecular flexibility index (Phi) is 5.77. The number of alkyl halides is 3. The zero-order valence-electron chi connectivity index (χ0n) is 16.9. The van der Waals surface area contributed by atoms with Crippen LogP contribution in [-0.4, -0.2) is 47.7 Å². The van der Waals surface area contributed by atoms with Crippen LogP contribution in [0.3, 0.4) is 0 Å². The lowest BCUT2D eigenvalue weighted by molar-refractivity contribution is -0.158. The predicted octanol–water partition coefficient (Wildman–Crippen LogP) is 5.29. The van der Waals surface area contributed by atoms with Gasteiger partial charge < -0.3 is 4.74 Å². The molecule has 30 heavy (non-hydrogen) atoms. The maximum Gasteiger partial charge on any atom is 0.406 e. The highest BCUT2D eigenvalue weighted by molar-refractivity contribution is 9.10. The fraction of sp³-hybridized carbons (Fsp3) is 0.619. The lowest BCUT2D eigenvalue weighted by atomic mass is 9.61. The summed E-state index contributed by atoms with van der Waals surface area (Å²) in [5.74, 6) is 0.00387.